The second-order valence-corrected chi connectivity index (χ2v) is 9.98. The molecule has 0 saturated heterocycles. The Morgan fingerprint density at radius 3 is 2.00 bits per heavy atom. The molecule has 8 atom stereocenters. The van der Waals surface area contributed by atoms with Gasteiger partial charge in [0.15, 0.2) is 0 Å². The van der Waals surface area contributed by atoms with Crippen molar-refractivity contribution in [2.75, 3.05) is 6.54 Å². The van der Waals surface area contributed by atoms with Gasteiger partial charge in [0.1, 0.15) is 6.10 Å². The maximum atomic E-state index is 12.4. The maximum absolute atomic E-state index is 12.4. The predicted octanol–water partition coefficient (Wildman–Crippen LogP) is 1.28. The highest BCUT2D eigenvalue weighted by Crippen LogP contribution is 2.25. The van der Waals surface area contributed by atoms with Crippen LogP contribution in [-0.4, -0.2) is 85.6 Å². The number of hydrogen-bond donors (Lipinski definition) is 7. The SMILES string of the molecule is CC[C@H](C)[C@H](O)[C@H](C[C@H](C)CCCCC[C@H](O)[C@H](O)C[C@H](O)CN)OC(=O)C[C@@H](CC(=O)O)C(=O)O. The van der Waals surface area contributed by atoms with E-state index in [2.05, 4.69) is 0 Å². The predicted molar refractivity (Wildman–Crippen MR) is 132 cm³/mol. The molecular formula is C25H47NO10. The lowest BCUT2D eigenvalue weighted by atomic mass is 9.89. The number of carboxylic acid groups (broad SMARTS) is 2. The number of hydrogen-bond acceptors (Lipinski definition) is 9. The standard InChI is InChI=1S/C25H47NO10/c1-4-16(3)24(33)21(36-23(32)12-17(25(34)35)11-22(30)31)10-15(2)8-6-5-7-9-19(28)20(29)13-18(27)14-26/h15-21,24,27-29,33H,4-14,26H2,1-3H3,(H,30,31)(H,34,35)/t15-,16+,17-,18+,19+,20-,21+,24+/m1/s1. The highest BCUT2D eigenvalue weighted by Gasteiger charge is 2.31. The van der Waals surface area contributed by atoms with Crippen molar-refractivity contribution in [1.82, 2.24) is 0 Å². The molecule has 0 radical (unpaired) electrons. The van der Waals surface area contributed by atoms with E-state index in [4.69, 9.17) is 15.6 Å². The van der Waals surface area contributed by atoms with Crippen LogP contribution >= 0.6 is 0 Å². The van der Waals surface area contributed by atoms with E-state index >= 15 is 0 Å². The molecule has 11 heteroatoms. The summed E-state index contributed by atoms with van der Waals surface area (Å²) >= 11 is 0. The van der Waals surface area contributed by atoms with Gasteiger partial charge in [0, 0.05) is 13.0 Å². The summed E-state index contributed by atoms with van der Waals surface area (Å²) in [6.45, 7) is 5.70. The zero-order chi connectivity index (χ0) is 27.8. The van der Waals surface area contributed by atoms with Gasteiger partial charge in [-0.25, -0.2) is 0 Å². The third-order valence-corrected chi connectivity index (χ3v) is 6.64. The molecule has 0 aliphatic rings. The minimum Gasteiger partial charge on any atom is -0.481 e. The summed E-state index contributed by atoms with van der Waals surface area (Å²) in [6, 6.07) is 0. The number of carboxylic acids is 2. The van der Waals surface area contributed by atoms with Gasteiger partial charge in [-0.3, -0.25) is 14.4 Å². The third kappa shape index (κ3) is 14.7. The lowest BCUT2D eigenvalue weighted by molar-refractivity contribution is -0.163. The molecule has 0 aliphatic carbocycles. The van der Waals surface area contributed by atoms with Crippen molar-refractivity contribution in [2.24, 2.45) is 23.5 Å². The molecular weight excluding hydrogens is 474 g/mol. The first-order chi connectivity index (χ1) is 16.8. The Balaban J connectivity index is 4.74. The molecule has 0 saturated carbocycles. The fourth-order valence-corrected chi connectivity index (χ4v) is 4.00. The maximum Gasteiger partial charge on any atom is 0.307 e. The first kappa shape index (κ1) is 34.2. The van der Waals surface area contributed by atoms with Crippen LogP contribution in [-0.2, 0) is 19.1 Å². The van der Waals surface area contributed by atoms with E-state index < -0.39 is 67.2 Å². The van der Waals surface area contributed by atoms with E-state index in [1.807, 2.05) is 20.8 Å². The molecule has 0 fully saturated rings. The minimum atomic E-state index is -1.40. The zero-order valence-electron chi connectivity index (χ0n) is 21.8. The summed E-state index contributed by atoms with van der Waals surface area (Å²) in [5, 5.41) is 58.1. The first-order valence-corrected chi connectivity index (χ1v) is 12.9. The largest absolute Gasteiger partial charge is 0.481 e. The molecule has 36 heavy (non-hydrogen) atoms. The smallest absolute Gasteiger partial charge is 0.307 e. The van der Waals surface area contributed by atoms with Crippen LogP contribution in [0.2, 0.25) is 0 Å². The molecule has 0 rings (SSSR count). The Morgan fingerprint density at radius 1 is 0.861 bits per heavy atom. The van der Waals surface area contributed by atoms with Crippen LogP contribution in [0.1, 0.15) is 85.0 Å². The highest BCUT2D eigenvalue weighted by molar-refractivity contribution is 5.82. The lowest BCUT2D eigenvalue weighted by Crippen LogP contribution is -2.38. The molecule has 8 N–H and O–H groups in total. The van der Waals surface area contributed by atoms with Crippen LogP contribution in [0.5, 0.6) is 0 Å². The van der Waals surface area contributed by atoms with Crippen molar-refractivity contribution in [3.8, 4) is 0 Å². The normalized spacial score (nSPS) is 18.3. The molecule has 0 aromatic carbocycles. The Hall–Kier alpha value is -1.79. The second-order valence-electron chi connectivity index (χ2n) is 9.98. The molecule has 0 unspecified atom stereocenters. The molecule has 0 spiro atoms. The number of aliphatic carboxylic acids is 2. The number of esters is 1. The lowest BCUT2D eigenvalue weighted by Gasteiger charge is -2.29. The number of unbranched alkanes of at least 4 members (excludes halogenated alkanes) is 2. The van der Waals surface area contributed by atoms with Crippen molar-refractivity contribution < 1.29 is 49.8 Å². The van der Waals surface area contributed by atoms with Crippen molar-refractivity contribution in [2.45, 2.75) is 115 Å². The summed E-state index contributed by atoms with van der Waals surface area (Å²) in [5.74, 6) is -5.05. The molecule has 0 aliphatic heterocycles. The van der Waals surface area contributed by atoms with Gasteiger partial charge in [0.2, 0.25) is 0 Å². The summed E-state index contributed by atoms with van der Waals surface area (Å²) in [6.07, 6.45) is -1.40. The van der Waals surface area contributed by atoms with Crippen LogP contribution in [0.3, 0.4) is 0 Å². The van der Waals surface area contributed by atoms with Crippen molar-refractivity contribution in [3.63, 3.8) is 0 Å². The number of carbonyl (C=O) groups is 3. The van der Waals surface area contributed by atoms with E-state index in [1.165, 1.54) is 0 Å². The van der Waals surface area contributed by atoms with Crippen molar-refractivity contribution in [3.05, 3.63) is 0 Å². The molecule has 0 amide bonds. The number of aliphatic hydroxyl groups is 4. The van der Waals surface area contributed by atoms with E-state index in [1.54, 1.807) is 0 Å². The highest BCUT2D eigenvalue weighted by atomic mass is 16.6. The molecule has 0 aromatic heterocycles. The average molecular weight is 522 g/mol. The minimum absolute atomic E-state index is 0.0200. The van der Waals surface area contributed by atoms with Gasteiger partial charge in [-0.15, -0.1) is 0 Å². The number of ether oxygens (including phenoxy) is 1. The second kappa shape index (κ2) is 18.5. The van der Waals surface area contributed by atoms with Gasteiger partial charge in [0.05, 0.1) is 43.2 Å². The van der Waals surface area contributed by atoms with Gasteiger partial charge in [0.25, 0.3) is 0 Å². The van der Waals surface area contributed by atoms with E-state index in [0.717, 1.165) is 19.3 Å². The molecule has 0 heterocycles. The summed E-state index contributed by atoms with van der Waals surface area (Å²) in [7, 11) is 0. The molecule has 212 valence electrons. The summed E-state index contributed by atoms with van der Waals surface area (Å²) < 4.78 is 5.46. The average Bonchev–Trinajstić information content (AvgIpc) is 2.81. The van der Waals surface area contributed by atoms with Crippen LogP contribution in [0, 0.1) is 17.8 Å². The zero-order valence-corrected chi connectivity index (χ0v) is 21.8. The molecule has 0 aromatic rings. The Kier molecular flexibility index (Phi) is 17.5. The van der Waals surface area contributed by atoms with Gasteiger partial charge in [-0.05, 0) is 24.7 Å². The topological polar surface area (TPSA) is 208 Å². The molecule has 11 nitrogen and oxygen atoms in total. The van der Waals surface area contributed by atoms with Crippen LogP contribution in [0.15, 0.2) is 0 Å². The summed E-state index contributed by atoms with van der Waals surface area (Å²) in [4.78, 5) is 34.5. The fourth-order valence-electron chi connectivity index (χ4n) is 4.00. The number of nitrogens with two attached hydrogens (primary N) is 1. The molecule has 0 bridgehead atoms. The Morgan fingerprint density at radius 2 is 1.47 bits per heavy atom. The third-order valence-electron chi connectivity index (χ3n) is 6.64. The number of rotatable bonds is 21. The fraction of sp³-hybridized carbons (Fsp3) is 0.880. The van der Waals surface area contributed by atoms with Gasteiger partial charge in [-0.1, -0.05) is 52.9 Å². The Labute approximate surface area is 213 Å². The first-order valence-electron chi connectivity index (χ1n) is 12.9. The van der Waals surface area contributed by atoms with E-state index in [9.17, 15) is 39.9 Å². The van der Waals surface area contributed by atoms with Crippen LogP contribution in [0.25, 0.3) is 0 Å². The van der Waals surface area contributed by atoms with Gasteiger partial charge < -0.3 is 41.1 Å². The monoisotopic (exact) mass is 521 g/mol. The van der Waals surface area contributed by atoms with Crippen LogP contribution in [0.4, 0.5) is 0 Å². The quantitative estimate of drug-likeness (QED) is 0.0845. The van der Waals surface area contributed by atoms with Crippen LogP contribution < -0.4 is 5.73 Å². The van der Waals surface area contributed by atoms with Crippen molar-refractivity contribution >= 4 is 17.9 Å². The van der Waals surface area contributed by atoms with E-state index in [0.29, 0.717) is 25.7 Å². The van der Waals surface area contributed by atoms with Gasteiger partial charge >= 0.3 is 17.9 Å². The summed E-state index contributed by atoms with van der Waals surface area (Å²) in [5.41, 5.74) is 5.31. The van der Waals surface area contributed by atoms with Crippen molar-refractivity contribution in [1.29, 1.82) is 0 Å². The Bertz CT molecular complexity index is 646. The number of aliphatic hydroxyl groups excluding tert-OH is 4. The number of carbonyl (C=O) groups excluding carboxylic acids is 1. The van der Waals surface area contributed by atoms with Gasteiger partial charge in [-0.2, -0.15) is 0 Å². The van der Waals surface area contributed by atoms with E-state index in [-0.39, 0.29) is 24.8 Å².